The van der Waals surface area contributed by atoms with Crippen LogP contribution in [0.2, 0.25) is 0 Å². The maximum absolute atomic E-state index is 12.1. The van der Waals surface area contributed by atoms with Crippen LogP contribution in [0.3, 0.4) is 0 Å². The van der Waals surface area contributed by atoms with Crippen molar-refractivity contribution in [2.45, 2.75) is 43.9 Å². The van der Waals surface area contributed by atoms with Crippen LogP contribution < -0.4 is 10.2 Å². The van der Waals surface area contributed by atoms with Gasteiger partial charge in [0.1, 0.15) is 0 Å². The van der Waals surface area contributed by atoms with E-state index >= 15 is 0 Å². The van der Waals surface area contributed by atoms with Gasteiger partial charge in [-0.15, -0.1) is 0 Å². The molecular weight excluding hydrogens is 280 g/mol. The fourth-order valence-corrected chi connectivity index (χ4v) is 3.91. The van der Waals surface area contributed by atoms with Crippen molar-refractivity contribution in [3.8, 4) is 0 Å². The van der Waals surface area contributed by atoms with E-state index in [9.17, 15) is 8.42 Å². The lowest BCUT2D eigenvalue weighted by Gasteiger charge is -2.22. The van der Waals surface area contributed by atoms with Gasteiger partial charge in [-0.05, 0) is 30.5 Å². The molecule has 20 heavy (non-hydrogen) atoms. The number of sulfonamides is 1. The van der Waals surface area contributed by atoms with E-state index in [1.165, 1.54) is 6.42 Å². The summed E-state index contributed by atoms with van der Waals surface area (Å²) in [6.07, 6.45) is 5.24. The van der Waals surface area contributed by atoms with Gasteiger partial charge in [-0.25, -0.2) is 13.1 Å². The first-order valence-electron chi connectivity index (χ1n) is 6.58. The highest BCUT2D eigenvalue weighted by Gasteiger charge is 2.20. The molecule has 1 saturated carbocycles. The second kappa shape index (κ2) is 7.58. The van der Waals surface area contributed by atoms with E-state index in [4.69, 9.17) is 5.21 Å². The smallest absolute Gasteiger partial charge is 0.216 e. The molecule has 0 aliphatic heterocycles. The Balaban J connectivity index is 0.00000200. The van der Waals surface area contributed by atoms with Crippen LogP contribution in [0.4, 0.5) is 5.69 Å². The first-order valence-corrected chi connectivity index (χ1v) is 8.23. The molecule has 0 unspecified atom stereocenters. The Bertz CT molecular complexity index is 513. The Morgan fingerprint density at radius 1 is 1.20 bits per heavy atom. The SMILES string of the molecule is O.O=S(=O)(Cc1cccc(NO)c1)NC1CCCCC1. The number of benzene rings is 1. The van der Waals surface area contributed by atoms with Gasteiger partial charge in [0.25, 0.3) is 0 Å². The fraction of sp³-hybridized carbons (Fsp3) is 0.538. The van der Waals surface area contributed by atoms with Crippen LogP contribution in [0.1, 0.15) is 37.7 Å². The minimum atomic E-state index is -3.32. The first kappa shape index (κ1) is 16.9. The summed E-state index contributed by atoms with van der Waals surface area (Å²) in [4.78, 5) is 0. The summed E-state index contributed by atoms with van der Waals surface area (Å²) in [5, 5.41) is 8.81. The zero-order chi connectivity index (χ0) is 13.7. The Kier molecular flexibility index (Phi) is 6.41. The lowest BCUT2D eigenvalue weighted by atomic mass is 9.96. The molecule has 0 bridgehead atoms. The zero-order valence-electron chi connectivity index (χ0n) is 11.3. The highest BCUT2D eigenvalue weighted by Crippen LogP contribution is 2.19. The molecule has 2 rings (SSSR count). The Morgan fingerprint density at radius 3 is 2.55 bits per heavy atom. The third-order valence-corrected chi connectivity index (χ3v) is 4.77. The molecule has 0 heterocycles. The van der Waals surface area contributed by atoms with Crippen LogP contribution in [0.25, 0.3) is 0 Å². The normalized spacial score (nSPS) is 16.4. The number of rotatable bonds is 5. The molecule has 1 aromatic rings. The van der Waals surface area contributed by atoms with E-state index in [1.54, 1.807) is 24.3 Å². The minimum absolute atomic E-state index is 0. The minimum Gasteiger partial charge on any atom is -0.412 e. The molecule has 114 valence electrons. The van der Waals surface area contributed by atoms with E-state index in [-0.39, 0.29) is 17.3 Å². The van der Waals surface area contributed by atoms with Crippen molar-refractivity contribution < 1.29 is 19.1 Å². The van der Waals surface area contributed by atoms with Gasteiger partial charge >= 0.3 is 0 Å². The molecular formula is C13H22N2O4S. The molecule has 0 radical (unpaired) electrons. The van der Waals surface area contributed by atoms with Gasteiger partial charge in [-0.1, -0.05) is 31.4 Å². The van der Waals surface area contributed by atoms with Gasteiger partial charge in [-0.3, -0.25) is 10.7 Å². The first-order chi connectivity index (χ1) is 9.09. The van der Waals surface area contributed by atoms with Gasteiger partial charge in [0.15, 0.2) is 0 Å². The zero-order valence-corrected chi connectivity index (χ0v) is 12.1. The van der Waals surface area contributed by atoms with E-state index < -0.39 is 10.0 Å². The third-order valence-electron chi connectivity index (χ3n) is 3.36. The Hall–Kier alpha value is -1.15. The second-order valence-corrected chi connectivity index (χ2v) is 6.78. The monoisotopic (exact) mass is 302 g/mol. The van der Waals surface area contributed by atoms with E-state index in [2.05, 4.69) is 4.72 Å². The van der Waals surface area contributed by atoms with Crippen LogP contribution in [-0.2, 0) is 15.8 Å². The van der Waals surface area contributed by atoms with Crippen LogP contribution in [0, 0.1) is 0 Å². The van der Waals surface area contributed by atoms with Crippen LogP contribution in [0.5, 0.6) is 0 Å². The Labute approximate surface area is 119 Å². The molecule has 0 amide bonds. The molecule has 7 heteroatoms. The summed E-state index contributed by atoms with van der Waals surface area (Å²) >= 11 is 0. The lowest BCUT2D eigenvalue weighted by Crippen LogP contribution is -2.36. The van der Waals surface area contributed by atoms with Gasteiger partial charge < -0.3 is 5.48 Å². The van der Waals surface area contributed by atoms with Crippen molar-refractivity contribution in [2.24, 2.45) is 0 Å². The second-order valence-electron chi connectivity index (χ2n) is 5.02. The maximum atomic E-state index is 12.1. The lowest BCUT2D eigenvalue weighted by molar-refractivity contribution is 0.389. The molecule has 1 aliphatic carbocycles. The van der Waals surface area contributed by atoms with Crippen molar-refractivity contribution in [1.29, 1.82) is 0 Å². The molecule has 1 fully saturated rings. The molecule has 0 saturated heterocycles. The largest absolute Gasteiger partial charge is 0.412 e. The summed E-state index contributed by atoms with van der Waals surface area (Å²) < 4.78 is 26.9. The number of nitrogens with one attached hydrogen (secondary N) is 2. The van der Waals surface area contributed by atoms with Crippen LogP contribution in [0.15, 0.2) is 24.3 Å². The van der Waals surface area contributed by atoms with Gasteiger partial charge in [-0.2, -0.15) is 0 Å². The number of hydrogen-bond donors (Lipinski definition) is 3. The fourth-order valence-electron chi connectivity index (χ4n) is 2.47. The van der Waals surface area contributed by atoms with E-state index in [0.29, 0.717) is 11.3 Å². The van der Waals surface area contributed by atoms with Crippen LogP contribution >= 0.6 is 0 Å². The highest BCUT2D eigenvalue weighted by molar-refractivity contribution is 7.88. The summed E-state index contributed by atoms with van der Waals surface area (Å²) in [5.74, 6) is -0.0565. The topological polar surface area (TPSA) is 110 Å². The molecule has 0 aromatic heterocycles. The average Bonchev–Trinajstić information content (AvgIpc) is 2.39. The molecule has 0 spiro atoms. The average molecular weight is 302 g/mol. The van der Waals surface area contributed by atoms with Crippen molar-refractivity contribution in [3.05, 3.63) is 29.8 Å². The molecule has 0 atom stereocenters. The van der Waals surface area contributed by atoms with Gasteiger partial charge in [0.2, 0.25) is 10.0 Å². The molecule has 5 N–H and O–H groups in total. The van der Waals surface area contributed by atoms with Crippen molar-refractivity contribution in [3.63, 3.8) is 0 Å². The third kappa shape index (κ3) is 5.09. The summed E-state index contributed by atoms with van der Waals surface area (Å²) in [5.41, 5.74) is 3.17. The van der Waals surface area contributed by atoms with Crippen molar-refractivity contribution in [1.82, 2.24) is 4.72 Å². The van der Waals surface area contributed by atoms with Crippen molar-refractivity contribution >= 4 is 15.7 Å². The van der Waals surface area contributed by atoms with E-state index in [0.717, 1.165) is 25.7 Å². The van der Waals surface area contributed by atoms with Crippen LogP contribution in [-0.4, -0.2) is 25.1 Å². The van der Waals surface area contributed by atoms with E-state index in [1.807, 2.05) is 5.48 Å². The molecule has 6 nitrogen and oxygen atoms in total. The summed E-state index contributed by atoms with van der Waals surface area (Å²) in [7, 11) is -3.32. The standard InChI is InChI=1S/C13H20N2O3S.H2O/c16-14-13-8-4-5-11(9-13)10-19(17,18)15-12-6-2-1-3-7-12;/h4-5,8-9,12,14-16H,1-3,6-7,10H2;1H2. The number of hydrogen-bond acceptors (Lipinski definition) is 4. The van der Waals surface area contributed by atoms with Crippen molar-refractivity contribution in [2.75, 3.05) is 5.48 Å². The molecule has 1 aliphatic rings. The Morgan fingerprint density at radius 2 is 1.90 bits per heavy atom. The predicted molar refractivity (Wildman–Crippen MR) is 78.1 cm³/mol. The maximum Gasteiger partial charge on any atom is 0.216 e. The summed E-state index contributed by atoms with van der Waals surface area (Å²) in [6, 6.07) is 6.83. The summed E-state index contributed by atoms with van der Waals surface area (Å²) in [6.45, 7) is 0. The van der Waals surface area contributed by atoms with Gasteiger partial charge in [0, 0.05) is 6.04 Å². The highest BCUT2D eigenvalue weighted by atomic mass is 32.2. The number of anilines is 1. The molecule has 1 aromatic carbocycles. The van der Waals surface area contributed by atoms with Gasteiger partial charge in [0.05, 0.1) is 11.4 Å². The quantitative estimate of drug-likeness (QED) is 0.714. The predicted octanol–water partition coefficient (Wildman–Crippen LogP) is 1.42.